The molecule has 2 aromatic rings. The molecule has 128 valence electrons. The fourth-order valence-corrected chi connectivity index (χ4v) is 4.23. The molecule has 1 N–H and O–H groups in total. The Hall–Kier alpha value is -1.86. The van der Waals surface area contributed by atoms with Crippen molar-refractivity contribution in [2.24, 2.45) is 0 Å². The Labute approximate surface area is 149 Å². The Morgan fingerprint density at radius 1 is 1.42 bits per heavy atom. The van der Waals surface area contributed by atoms with Gasteiger partial charge in [0.1, 0.15) is 4.83 Å². The lowest BCUT2D eigenvalue weighted by atomic mass is 10.2. The molecule has 2 aromatic heterocycles. The van der Waals surface area contributed by atoms with Crippen molar-refractivity contribution >= 4 is 39.2 Å². The molecule has 0 aromatic carbocycles. The number of rotatable bonds is 7. The molecule has 0 unspecified atom stereocenters. The second-order valence-electron chi connectivity index (χ2n) is 5.36. The van der Waals surface area contributed by atoms with E-state index in [2.05, 4.69) is 23.5 Å². The van der Waals surface area contributed by atoms with Crippen LogP contribution in [0, 0.1) is 13.8 Å². The molecular weight excluding hydrogens is 342 g/mol. The zero-order valence-electron chi connectivity index (χ0n) is 14.1. The van der Waals surface area contributed by atoms with Crippen molar-refractivity contribution in [3.63, 3.8) is 0 Å². The normalized spacial score (nSPS) is 12.1. The Kier molecular flexibility index (Phi) is 6.01. The maximum atomic E-state index is 12.9. The maximum absolute atomic E-state index is 12.9. The molecule has 7 heteroatoms. The van der Waals surface area contributed by atoms with Gasteiger partial charge in [-0.05, 0) is 26.3 Å². The standard InChI is InChI=1S/C17H21N3O2S2/c1-6-8-18-14(21)12(5)24-17-19-15-13(10(3)11(4)23-15)16(22)20(17)9-7-2/h6-7,12H,1-2,8-9H2,3-5H3,(H,18,21)/t12-/m0/s1. The molecule has 0 spiro atoms. The second kappa shape index (κ2) is 7.81. The Bertz CT molecular complexity index is 852. The minimum Gasteiger partial charge on any atom is -0.352 e. The van der Waals surface area contributed by atoms with E-state index >= 15 is 0 Å². The van der Waals surface area contributed by atoms with E-state index in [0.717, 1.165) is 15.3 Å². The summed E-state index contributed by atoms with van der Waals surface area (Å²) in [6, 6.07) is 0. The molecule has 2 heterocycles. The van der Waals surface area contributed by atoms with Crippen molar-refractivity contribution in [3.8, 4) is 0 Å². The van der Waals surface area contributed by atoms with Crippen molar-refractivity contribution in [2.45, 2.75) is 37.7 Å². The molecule has 0 aliphatic carbocycles. The first-order valence-corrected chi connectivity index (χ1v) is 9.27. The lowest BCUT2D eigenvalue weighted by molar-refractivity contribution is -0.120. The van der Waals surface area contributed by atoms with Crippen LogP contribution in [0.15, 0.2) is 35.3 Å². The molecule has 0 bridgehead atoms. The Morgan fingerprint density at radius 2 is 2.12 bits per heavy atom. The van der Waals surface area contributed by atoms with Gasteiger partial charge in [0, 0.05) is 18.0 Å². The molecule has 0 aliphatic heterocycles. The molecule has 24 heavy (non-hydrogen) atoms. The van der Waals surface area contributed by atoms with Crippen molar-refractivity contribution in [1.82, 2.24) is 14.9 Å². The van der Waals surface area contributed by atoms with Gasteiger partial charge in [0.05, 0.1) is 10.6 Å². The fraction of sp³-hybridized carbons (Fsp3) is 0.353. The van der Waals surface area contributed by atoms with Gasteiger partial charge in [-0.1, -0.05) is 23.9 Å². The van der Waals surface area contributed by atoms with Crippen LogP contribution in [0.25, 0.3) is 10.2 Å². The number of fused-ring (bicyclic) bond motifs is 1. The minimum atomic E-state index is -0.368. The first-order chi connectivity index (χ1) is 11.4. The summed E-state index contributed by atoms with van der Waals surface area (Å²) < 4.78 is 1.58. The van der Waals surface area contributed by atoms with E-state index in [9.17, 15) is 9.59 Å². The number of thioether (sulfide) groups is 1. The first-order valence-electron chi connectivity index (χ1n) is 7.57. The summed E-state index contributed by atoms with van der Waals surface area (Å²) in [5.41, 5.74) is 0.890. The van der Waals surface area contributed by atoms with E-state index in [-0.39, 0.29) is 16.7 Å². The van der Waals surface area contributed by atoms with E-state index in [4.69, 9.17) is 0 Å². The van der Waals surface area contributed by atoms with E-state index in [0.29, 0.717) is 23.6 Å². The van der Waals surface area contributed by atoms with Crippen LogP contribution in [0.1, 0.15) is 17.4 Å². The van der Waals surface area contributed by atoms with Gasteiger partial charge in [-0.2, -0.15) is 0 Å². The number of thiophene rings is 1. The van der Waals surface area contributed by atoms with Gasteiger partial charge in [0.2, 0.25) is 5.91 Å². The molecule has 0 radical (unpaired) electrons. The number of aryl methyl sites for hydroxylation is 2. The van der Waals surface area contributed by atoms with Crippen molar-refractivity contribution < 1.29 is 4.79 Å². The molecule has 2 rings (SSSR count). The van der Waals surface area contributed by atoms with Gasteiger partial charge in [-0.25, -0.2) is 4.98 Å². The highest BCUT2D eigenvalue weighted by atomic mass is 32.2. The number of carbonyl (C=O) groups excluding carboxylic acids is 1. The fourth-order valence-electron chi connectivity index (χ4n) is 2.22. The highest BCUT2D eigenvalue weighted by molar-refractivity contribution is 8.00. The average molecular weight is 364 g/mol. The van der Waals surface area contributed by atoms with Gasteiger partial charge < -0.3 is 5.32 Å². The second-order valence-corrected chi connectivity index (χ2v) is 7.87. The molecule has 5 nitrogen and oxygen atoms in total. The zero-order chi connectivity index (χ0) is 17.9. The Morgan fingerprint density at radius 3 is 2.75 bits per heavy atom. The van der Waals surface area contributed by atoms with E-state index < -0.39 is 0 Å². The number of amides is 1. The Balaban J connectivity index is 2.47. The maximum Gasteiger partial charge on any atom is 0.263 e. The van der Waals surface area contributed by atoms with Gasteiger partial charge in [0.25, 0.3) is 5.56 Å². The third kappa shape index (κ3) is 3.62. The molecular formula is C17H21N3O2S2. The van der Waals surface area contributed by atoms with Gasteiger partial charge in [-0.15, -0.1) is 24.5 Å². The summed E-state index contributed by atoms with van der Waals surface area (Å²) >= 11 is 2.78. The van der Waals surface area contributed by atoms with Crippen LogP contribution >= 0.6 is 23.1 Å². The quantitative estimate of drug-likeness (QED) is 0.466. The smallest absolute Gasteiger partial charge is 0.263 e. The summed E-state index contributed by atoms with van der Waals surface area (Å²) in [5.74, 6) is -0.113. The SMILES string of the molecule is C=CCNC(=O)[C@H](C)Sc1nc2sc(C)c(C)c2c(=O)n1CC=C. The minimum absolute atomic E-state index is 0.0806. The van der Waals surface area contributed by atoms with Crippen LogP contribution in [0.5, 0.6) is 0 Å². The van der Waals surface area contributed by atoms with Crippen LogP contribution in [-0.2, 0) is 11.3 Å². The van der Waals surface area contributed by atoms with Crippen molar-refractivity contribution in [3.05, 3.63) is 46.1 Å². The number of nitrogens with zero attached hydrogens (tertiary/aromatic N) is 2. The first kappa shape index (κ1) is 18.5. The molecule has 0 fully saturated rings. The topological polar surface area (TPSA) is 64.0 Å². The highest BCUT2D eigenvalue weighted by Crippen LogP contribution is 2.29. The molecule has 0 saturated carbocycles. The molecule has 1 amide bonds. The van der Waals surface area contributed by atoms with Crippen LogP contribution in [0.2, 0.25) is 0 Å². The van der Waals surface area contributed by atoms with Gasteiger partial charge >= 0.3 is 0 Å². The zero-order valence-corrected chi connectivity index (χ0v) is 15.7. The molecule has 1 atom stereocenters. The van der Waals surface area contributed by atoms with Crippen LogP contribution < -0.4 is 10.9 Å². The predicted octanol–water partition coefficient (Wildman–Crippen LogP) is 3.04. The lowest BCUT2D eigenvalue weighted by Crippen LogP contribution is -2.32. The summed E-state index contributed by atoms with van der Waals surface area (Å²) in [7, 11) is 0. The predicted molar refractivity (Wildman–Crippen MR) is 102 cm³/mol. The van der Waals surface area contributed by atoms with E-state index in [1.165, 1.54) is 23.1 Å². The van der Waals surface area contributed by atoms with Crippen LogP contribution in [0.3, 0.4) is 0 Å². The van der Waals surface area contributed by atoms with E-state index in [1.807, 2.05) is 13.8 Å². The van der Waals surface area contributed by atoms with Crippen molar-refractivity contribution in [1.29, 1.82) is 0 Å². The number of hydrogen-bond donors (Lipinski definition) is 1. The third-order valence-electron chi connectivity index (χ3n) is 3.64. The largest absolute Gasteiger partial charge is 0.352 e. The van der Waals surface area contributed by atoms with E-state index in [1.54, 1.807) is 23.6 Å². The number of hydrogen-bond acceptors (Lipinski definition) is 5. The number of allylic oxidation sites excluding steroid dienone is 1. The number of carbonyl (C=O) groups is 1. The monoisotopic (exact) mass is 363 g/mol. The van der Waals surface area contributed by atoms with Crippen LogP contribution in [-0.4, -0.2) is 27.3 Å². The van der Waals surface area contributed by atoms with Gasteiger partial charge in [0.15, 0.2) is 5.16 Å². The molecule has 0 saturated heterocycles. The van der Waals surface area contributed by atoms with Gasteiger partial charge in [-0.3, -0.25) is 14.2 Å². The third-order valence-corrected chi connectivity index (χ3v) is 5.83. The average Bonchev–Trinajstić information content (AvgIpc) is 2.83. The highest BCUT2D eigenvalue weighted by Gasteiger charge is 2.20. The van der Waals surface area contributed by atoms with Crippen LogP contribution in [0.4, 0.5) is 0 Å². The summed E-state index contributed by atoms with van der Waals surface area (Å²) in [4.78, 5) is 31.4. The summed E-state index contributed by atoms with van der Waals surface area (Å²) in [5, 5.41) is 3.59. The summed E-state index contributed by atoms with van der Waals surface area (Å²) in [6.45, 7) is 13.8. The number of aromatic nitrogens is 2. The summed E-state index contributed by atoms with van der Waals surface area (Å²) in [6.07, 6.45) is 3.29. The lowest BCUT2D eigenvalue weighted by Gasteiger charge is -2.14. The number of nitrogens with one attached hydrogen (secondary N) is 1. The van der Waals surface area contributed by atoms with Crippen molar-refractivity contribution in [2.75, 3.05) is 6.54 Å². The molecule has 0 aliphatic rings.